The summed E-state index contributed by atoms with van der Waals surface area (Å²) < 4.78 is 0.652. The summed E-state index contributed by atoms with van der Waals surface area (Å²) in [5, 5.41) is 0. The third-order valence-electron chi connectivity index (χ3n) is 3.00. The molecule has 0 unspecified atom stereocenters. The van der Waals surface area contributed by atoms with E-state index < -0.39 is 0 Å². The lowest BCUT2D eigenvalue weighted by molar-refractivity contribution is 0.273. The van der Waals surface area contributed by atoms with E-state index in [4.69, 9.17) is 11.6 Å². The van der Waals surface area contributed by atoms with Gasteiger partial charge in [-0.05, 0) is 25.8 Å². The van der Waals surface area contributed by atoms with Gasteiger partial charge in [-0.2, -0.15) is 0 Å². The largest absolute Gasteiger partial charge is 0.301 e. The molecule has 84 valence electrons. The van der Waals surface area contributed by atoms with Gasteiger partial charge in [0.25, 0.3) is 0 Å². The van der Waals surface area contributed by atoms with Crippen LogP contribution in [-0.2, 0) is 6.54 Å². The molecule has 1 heterocycles. The van der Waals surface area contributed by atoms with Crippen LogP contribution in [0.1, 0.15) is 30.6 Å². The summed E-state index contributed by atoms with van der Waals surface area (Å²) in [4.78, 5) is 7.71. The second-order valence-corrected chi connectivity index (χ2v) is 6.12. The van der Waals surface area contributed by atoms with Crippen molar-refractivity contribution in [2.24, 2.45) is 5.92 Å². The van der Waals surface area contributed by atoms with Gasteiger partial charge in [-0.1, -0.05) is 24.4 Å². The lowest BCUT2D eigenvalue weighted by atomic mass is 10.1. The quantitative estimate of drug-likeness (QED) is 0.807. The molecule has 4 heteroatoms. The molecule has 1 aromatic heterocycles. The van der Waals surface area contributed by atoms with Crippen molar-refractivity contribution in [3.05, 3.63) is 15.5 Å². The lowest BCUT2D eigenvalue weighted by Gasteiger charge is -2.19. The Morgan fingerprint density at radius 1 is 1.53 bits per heavy atom. The third kappa shape index (κ3) is 3.44. The SMILES string of the molecule is CN(Cc1cnc(Cl)s1)CC1CCCC1. The van der Waals surface area contributed by atoms with Gasteiger partial charge >= 0.3 is 0 Å². The van der Waals surface area contributed by atoms with E-state index in [1.807, 2.05) is 6.20 Å². The number of rotatable bonds is 4. The van der Waals surface area contributed by atoms with Crippen LogP contribution in [0.15, 0.2) is 6.20 Å². The minimum absolute atomic E-state index is 0.652. The average Bonchev–Trinajstić information content (AvgIpc) is 2.77. The Morgan fingerprint density at radius 3 is 2.87 bits per heavy atom. The number of thiazole rings is 1. The van der Waals surface area contributed by atoms with E-state index in [2.05, 4.69) is 16.9 Å². The molecule has 0 N–H and O–H groups in total. The van der Waals surface area contributed by atoms with E-state index in [-0.39, 0.29) is 0 Å². The fourth-order valence-electron chi connectivity index (χ4n) is 2.32. The van der Waals surface area contributed by atoms with Gasteiger partial charge in [-0.3, -0.25) is 0 Å². The molecule has 15 heavy (non-hydrogen) atoms. The molecule has 2 rings (SSSR count). The predicted molar refractivity (Wildman–Crippen MR) is 65.4 cm³/mol. The van der Waals surface area contributed by atoms with Crippen LogP contribution in [0.3, 0.4) is 0 Å². The maximum absolute atomic E-state index is 5.80. The van der Waals surface area contributed by atoms with Gasteiger partial charge in [0.1, 0.15) is 0 Å². The molecular weight excluding hydrogens is 228 g/mol. The topological polar surface area (TPSA) is 16.1 Å². The zero-order chi connectivity index (χ0) is 10.7. The molecule has 0 aromatic carbocycles. The second-order valence-electron chi connectivity index (χ2n) is 4.43. The molecule has 2 nitrogen and oxygen atoms in total. The molecule has 1 fully saturated rings. The maximum atomic E-state index is 5.80. The summed E-state index contributed by atoms with van der Waals surface area (Å²) in [6.07, 6.45) is 7.55. The van der Waals surface area contributed by atoms with Crippen molar-refractivity contribution in [3.63, 3.8) is 0 Å². The Balaban J connectivity index is 1.78. The van der Waals surface area contributed by atoms with Crippen molar-refractivity contribution in [2.45, 2.75) is 32.2 Å². The fraction of sp³-hybridized carbons (Fsp3) is 0.727. The summed E-state index contributed by atoms with van der Waals surface area (Å²) >= 11 is 7.39. The van der Waals surface area contributed by atoms with Crippen molar-refractivity contribution in [1.29, 1.82) is 0 Å². The zero-order valence-electron chi connectivity index (χ0n) is 9.08. The van der Waals surface area contributed by atoms with Crippen LogP contribution in [0, 0.1) is 5.92 Å². The van der Waals surface area contributed by atoms with Gasteiger partial charge < -0.3 is 4.90 Å². The predicted octanol–water partition coefficient (Wildman–Crippen LogP) is 3.42. The van der Waals surface area contributed by atoms with Crippen LogP contribution in [0.2, 0.25) is 4.47 Å². The van der Waals surface area contributed by atoms with Crippen LogP contribution in [0.4, 0.5) is 0 Å². The van der Waals surface area contributed by atoms with Crippen molar-refractivity contribution in [3.8, 4) is 0 Å². The smallest absolute Gasteiger partial charge is 0.183 e. The minimum Gasteiger partial charge on any atom is -0.301 e. The first-order chi connectivity index (χ1) is 7.24. The summed E-state index contributed by atoms with van der Waals surface area (Å²) in [6, 6.07) is 0. The monoisotopic (exact) mass is 244 g/mol. The normalized spacial score (nSPS) is 17.8. The Morgan fingerprint density at radius 2 is 2.27 bits per heavy atom. The standard InChI is InChI=1S/C11H17ClN2S/c1-14(7-9-4-2-3-5-9)8-10-6-13-11(12)15-10/h6,9H,2-5,7-8H2,1H3. The minimum atomic E-state index is 0.652. The molecule has 0 radical (unpaired) electrons. The first-order valence-corrected chi connectivity index (χ1v) is 6.72. The summed E-state index contributed by atoms with van der Waals surface area (Å²) in [7, 11) is 2.19. The molecule has 0 spiro atoms. The first-order valence-electron chi connectivity index (χ1n) is 5.53. The highest BCUT2D eigenvalue weighted by Crippen LogP contribution is 2.26. The van der Waals surface area contributed by atoms with E-state index in [9.17, 15) is 0 Å². The van der Waals surface area contributed by atoms with Crippen LogP contribution in [-0.4, -0.2) is 23.5 Å². The Labute approximate surface area is 100 Å². The summed E-state index contributed by atoms with van der Waals surface area (Å²) in [5.41, 5.74) is 0. The van der Waals surface area contributed by atoms with E-state index in [0.29, 0.717) is 4.47 Å². The third-order valence-corrected chi connectivity index (χ3v) is 4.10. The summed E-state index contributed by atoms with van der Waals surface area (Å²) in [5.74, 6) is 0.915. The molecule has 0 saturated heterocycles. The fourth-order valence-corrected chi connectivity index (χ4v) is 3.38. The van der Waals surface area contributed by atoms with Gasteiger partial charge in [-0.25, -0.2) is 4.98 Å². The molecule has 1 aliphatic carbocycles. The van der Waals surface area contributed by atoms with Gasteiger partial charge in [0.2, 0.25) is 0 Å². The summed E-state index contributed by atoms with van der Waals surface area (Å²) in [6.45, 7) is 2.20. The molecule has 0 atom stereocenters. The molecule has 1 saturated carbocycles. The van der Waals surface area contributed by atoms with Gasteiger partial charge in [0.15, 0.2) is 4.47 Å². The molecule has 1 aliphatic rings. The lowest BCUT2D eigenvalue weighted by Crippen LogP contribution is -2.23. The number of aromatic nitrogens is 1. The van der Waals surface area contributed by atoms with Crippen molar-refractivity contribution >= 4 is 22.9 Å². The first kappa shape index (κ1) is 11.4. The van der Waals surface area contributed by atoms with E-state index in [1.54, 1.807) is 11.3 Å². The second kappa shape index (κ2) is 5.28. The van der Waals surface area contributed by atoms with Crippen LogP contribution >= 0.6 is 22.9 Å². The van der Waals surface area contributed by atoms with Gasteiger partial charge in [0.05, 0.1) is 0 Å². The van der Waals surface area contributed by atoms with Crippen LogP contribution in [0.25, 0.3) is 0 Å². The highest BCUT2D eigenvalue weighted by atomic mass is 35.5. The maximum Gasteiger partial charge on any atom is 0.183 e. The van der Waals surface area contributed by atoms with Crippen molar-refractivity contribution in [1.82, 2.24) is 9.88 Å². The van der Waals surface area contributed by atoms with E-state index >= 15 is 0 Å². The number of halogens is 1. The Hall–Kier alpha value is -0.120. The average molecular weight is 245 g/mol. The number of nitrogens with zero attached hydrogens (tertiary/aromatic N) is 2. The van der Waals surface area contributed by atoms with E-state index in [0.717, 1.165) is 12.5 Å². The van der Waals surface area contributed by atoms with Crippen molar-refractivity contribution < 1.29 is 0 Å². The zero-order valence-corrected chi connectivity index (χ0v) is 10.7. The Bertz CT molecular complexity index is 307. The highest BCUT2D eigenvalue weighted by Gasteiger charge is 2.17. The molecule has 1 aromatic rings. The molecule has 0 bridgehead atoms. The number of hydrogen-bond donors (Lipinski definition) is 0. The Kier molecular flexibility index (Phi) is 4.00. The highest BCUT2D eigenvalue weighted by molar-refractivity contribution is 7.15. The van der Waals surface area contributed by atoms with E-state index in [1.165, 1.54) is 37.1 Å². The molecular formula is C11H17ClN2S. The van der Waals surface area contributed by atoms with Crippen LogP contribution < -0.4 is 0 Å². The molecule has 0 amide bonds. The van der Waals surface area contributed by atoms with Gasteiger partial charge in [0, 0.05) is 24.2 Å². The molecule has 0 aliphatic heterocycles. The van der Waals surface area contributed by atoms with Crippen molar-refractivity contribution in [2.75, 3.05) is 13.6 Å². The van der Waals surface area contributed by atoms with Crippen LogP contribution in [0.5, 0.6) is 0 Å². The number of hydrogen-bond acceptors (Lipinski definition) is 3. The van der Waals surface area contributed by atoms with Gasteiger partial charge in [-0.15, -0.1) is 11.3 Å².